The second kappa shape index (κ2) is 7.62. The van der Waals surface area contributed by atoms with Crippen molar-refractivity contribution in [1.29, 1.82) is 0 Å². The zero-order valence-corrected chi connectivity index (χ0v) is 17.1. The van der Waals surface area contributed by atoms with Gasteiger partial charge in [0.05, 0.1) is 11.3 Å². The van der Waals surface area contributed by atoms with Crippen LogP contribution in [0.1, 0.15) is 44.3 Å². The predicted molar refractivity (Wildman–Crippen MR) is 110 cm³/mol. The van der Waals surface area contributed by atoms with Gasteiger partial charge < -0.3 is 10.1 Å². The first-order valence-corrected chi connectivity index (χ1v) is 10.2. The highest BCUT2D eigenvalue weighted by atomic mass is 16.5. The zero-order valence-electron chi connectivity index (χ0n) is 17.1. The summed E-state index contributed by atoms with van der Waals surface area (Å²) in [6, 6.07) is 4.18. The van der Waals surface area contributed by atoms with Crippen LogP contribution in [0.15, 0.2) is 37.1 Å². The topological polar surface area (TPSA) is 85.2 Å². The maximum atomic E-state index is 11.8. The third-order valence-electron chi connectivity index (χ3n) is 5.88. The Morgan fingerprint density at radius 3 is 2.80 bits per heavy atom. The second-order valence-corrected chi connectivity index (χ2v) is 7.94. The first-order valence-electron chi connectivity index (χ1n) is 10.2. The molecular weight excluding hydrogens is 380 g/mol. The molecule has 1 fully saturated rings. The lowest BCUT2D eigenvalue weighted by molar-refractivity contribution is 0.0535. The Hall–Kier alpha value is -3.10. The number of benzene rings is 1. The number of ether oxygens (including phenoxy) is 1. The number of hydrogen-bond donors (Lipinski definition) is 1. The molecule has 8 heteroatoms. The normalized spacial score (nSPS) is 19.0. The number of esters is 1. The molecule has 0 aliphatic carbocycles. The van der Waals surface area contributed by atoms with E-state index < -0.39 is 0 Å². The molecule has 2 aliphatic rings. The Morgan fingerprint density at radius 2 is 2.03 bits per heavy atom. The van der Waals surface area contributed by atoms with E-state index in [9.17, 15) is 4.79 Å². The van der Waals surface area contributed by atoms with Gasteiger partial charge in [0.15, 0.2) is 0 Å². The molecule has 5 rings (SSSR count). The highest BCUT2D eigenvalue weighted by molar-refractivity contribution is 5.93. The lowest BCUT2D eigenvalue weighted by Gasteiger charge is -2.34. The summed E-state index contributed by atoms with van der Waals surface area (Å²) in [5.74, 6) is 0.412. The van der Waals surface area contributed by atoms with E-state index in [2.05, 4.69) is 38.2 Å². The summed E-state index contributed by atoms with van der Waals surface area (Å²) in [5.41, 5.74) is 6.14. The second-order valence-electron chi connectivity index (χ2n) is 7.94. The number of carbonyl (C=O) groups excluding carboxylic acids is 1. The Morgan fingerprint density at radius 1 is 1.20 bits per heavy atom. The molecule has 0 radical (unpaired) electrons. The molecule has 8 nitrogen and oxygen atoms in total. The number of aryl methyl sites for hydroxylation is 1. The monoisotopic (exact) mass is 404 g/mol. The average Bonchev–Trinajstić information content (AvgIpc) is 3.35. The standard InChI is InChI=1S/C22H24N6O2/c1-14-9-28(13-26-14)22-24-7-16(8-25-22)10-27-6-5-23-20(11-27)17-3-4-18-19(15(17)2)12-30-21(18)29/h3-4,7-9,13,20,23H,5-6,10-12H2,1-2H3/t20-/m0/s1. The fraction of sp³-hybridized carbons (Fsp3) is 0.364. The molecular formula is C22H24N6O2. The predicted octanol–water partition coefficient (Wildman–Crippen LogP) is 2.10. The lowest BCUT2D eigenvalue weighted by atomic mass is 9.93. The summed E-state index contributed by atoms with van der Waals surface area (Å²) >= 11 is 0. The summed E-state index contributed by atoms with van der Waals surface area (Å²) < 4.78 is 7.02. The largest absolute Gasteiger partial charge is 0.457 e. The number of nitrogens with one attached hydrogen (secondary N) is 1. The van der Waals surface area contributed by atoms with Crippen molar-refractivity contribution >= 4 is 5.97 Å². The molecule has 0 unspecified atom stereocenters. The van der Waals surface area contributed by atoms with Gasteiger partial charge in [-0.3, -0.25) is 9.47 Å². The molecule has 2 aliphatic heterocycles. The van der Waals surface area contributed by atoms with Crippen molar-refractivity contribution in [2.45, 2.75) is 33.0 Å². The fourth-order valence-corrected chi connectivity index (χ4v) is 4.26. The van der Waals surface area contributed by atoms with Crippen LogP contribution in [0.3, 0.4) is 0 Å². The van der Waals surface area contributed by atoms with E-state index in [0.29, 0.717) is 18.1 Å². The minimum Gasteiger partial charge on any atom is -0.457 e. The summed E-state index contributed by atoms with van der Waals surface area (Å²) in [7, 11) is 0. The average molecular weight is 404 g/mol. The summed E-state index contributed by atoms with van der Waals surface area (Å²) in [6.07, 6.45) is 7.41. The van der Waals surface area contributed by atoms with Crippen LogP contribution in [0.4, 0.5) is 0 Å². The van der Waals surface area contributed by atoms with E-state index in [1.807, 2.05) is 36.1 Å². The Bertz CT molecular complexity index is 1090. The van der Waals surface area contributed by atoms with Crippen molar-refractivity contribution < 1.29 is 9.53 Å². The number of carbonyl (C=O) groups is 1. The van der Waals surface area contributed by atoms with E-state index in [1.165, 1.54) is 5.56 Å². The van der Waals surface area contributed by atoms with Crippen molar-refractivity contribution in [2.24, 2.45) is 0 Å². The molecule has 1 aromatic carbocycles. The van der Waals surface area contributed by atoms with Crippen molar-refractivity contribution in [3.05, 3.63) is 70.6 Å². The van der Waals surface area contributed by atoms with E-state index in [0.717, 1.165) is 48.6 Å². The summed E-state index contributed by atoms with van der Waals surface area (Å²) in [4.78, 5) is 27.4. The van der Waals surface area contributed by atoms with Crippen LogP contribution in [0.5, 0.6) is 0 Å². The van der Waals surface area contributed by atoms with Crippen LogP contribution in [0, 0.1) is 13.8 Å². The number of hydrogen-bond acceptors (Lipinski definition) is 7. The van der Waals surface area contributed by atoms with E-state index >= 15 is 0 Å². The van der Waals surface area contributed by atoms with Gasteiger partial charge in [0.1, 0.15) is 12.9 Å². The molecule has 2 aromatic heterocycles. The Balaban J connectivity index is 1.29. The maximum Gasteiger partial charge on any atom is 0.338 e. The van der Waals surface area contributed by atoms with Crippen LogP contribution in [0.2, 0.25) is 0 Å². The van der Waals surface area contributed by atoms with E-state index in [1.54, 1.807) is 6.33 Å². The minimum absolute atomic E-state index is 0.216. The van der Waals surface area contributed by atoms with Crippen molar-refractivity contribution in [3.8, 4) is 5.95 Å². The number of piperazine rings is 1. The van der Waals surface area contributed by atoms with Gasteiger partial charge in [-0.25, -0.2) is 19.7 Å². The van der Waals surface area contributed by atoms with Crippen molar-refractivity contribution in [1.82, 2.24) is 29.7 Å². The number of nitrogens with zero attached hydrogens (tertiary/aromatic N) is 5. The van der Waals surface area contributed by atoms with Crippen LogP contribution in [-0.2, 0) is 17.9 Å². The van der Waals surface area contributed by atoms with Crippen LogP contribution >= 0.6 is 0 Å². The Kier molecular flexibility index (Phi) is 4.80. The number of aromatic nitrogens is 4. The number of rotatable bonds is 4. The highest BCUT2D eigenvalue weighted by Crippen LogP contribution is 2.30. The number of fused-ring (bicyclic) bond motifs is 1. The van der Waals surface area contributed by atoms with Crippen LogP contribution < -0.4 is 5.32 Å². The van der Waals surface area contributed by atoms with Crippen LogP contribution in [-0.4, -0.2) is 50.0 Å². The maximum absolute atomic E-state index is 11.8. The molecule has 0 bridgehead atoms. The molecule has 0 amide bonds. The lowest BCUT2D eigenvalue weighted by Crippen LogP contribution is -2.45. The van der Waals surface area contributed by atoms with Gasteiger partial charge in [-0.15, -0.1) is 0 Å². The molecule has 4 heterocycles. The van der Waals surface area contributed by atoms with Gasteiger partial charge in [0.2, 0.25) is 5.95 Å². The quantitative estimate of drug-likeness (QED) is 0.667. The fourth-order valence-electron chi connectivity index (χ4n) is 4.26. The summed E-state index contributed by atoms with van der Waals surface area (Å²) in [5, 5.41) is 3.62. The molecule has 0 saturated carbocycles. The third-order valence-corrected chi connectivity index (χ3v) is 5.88. The number of cyclic esters (lactones) is 1. The SMILES string of the molecule is Cc1cn(-c2ncc(CN3CCN[C@H](c4ccc5c(c4C)COC5=O)C3)cn2)cn1. The van der Waals surface area contributed by atoms with Crippen molar-refractivity contribution in [3.63, 3.8) is 0 Å². The van der Waals surface area contributed by atoms with Gasteiger partial charge in [-0.05, 0) is 31.0 Å². The van der Waals surface area contributed by atoms with Gasteiger partial charge in [-0.2, -0.15) is 0 Å². The molecule has 154 valence electrons. The van der Waals surface area contributed by atoms with Crippen molar-refractivity contribution in [2.75, 3.05) is 19.6 Å². The molecule has 3 aromatic rings. The molecule has 0 spiro atoms. The number of imidazole rings is 1. The molecule has 1 atom stereocenters. The highest BCUT2D eigenvalue weighted by Gasteiger charge is 2.28. The third kappa shape index (κ3) is 3.48. The van der Waals surface area contributed by atoms with Crippen LogP contribution in [0.25, 0.3) is 5.95 Å². The first-order chi connectivity index (χ1) is 14.6. The minimum atomic E-state index is -0.216. The van der Waals surface area contributed by atoms with Gasteiger partial charge in [0.25, 0.3) is 0 Å². The Labute approximate surface area is 174 Å². The zero-order chi connectivity index (χ0) is 20.7. The van der Waals surface area contributed by atoms with Gasteiger partial charge in [0, 0.05) is 61.9 Å². The van der Waals surface area contributed by atoms with E-state index in [4.69, 9.17) is 4.74 Å². The molecule has 1 N–H and O–H groups in total. The van der Waals surface area contributed by atoms with Gasteiger partial charge in [-0.1, -0.05) is 6.07 Å². The molecule has 30 heavy (non-hydrogen) atoms. The van der Waals surface area contributed by atoms with Gasteiger partial charge >= 0.3 is 5.97 Å². The molecule has 1 saturated heterocycles. The smallest absolute Gasteiger partial charge is 0.338 e. The van der Waals surface area contributed by atoms with E-state index in [-0.39, 0.29) is 12.0 Å². The summed E-state index contributed by atoms with van der Waals surface area (Å²) in [6.45, 7) is 7.96. The first kappa shape index (κ1) is 18.9.